The molecule has 0 aromatic heterocycles. The lowest BCUT2D eigenvalue weighted by Gasteiger charge is -2.30. The summed E-state index contributed by atoms with van der Waals surface area (Å²) in [6, 6.07) is 10.9. The van der Waals surface area contributed by atoms with Crippen molar-refractivity contribution in [2.75, 3.05) is 20.8 Å². The highest BCUT2D eigenvalue weighted by Crippen LogP contribution is 2.24. The lowest BCUT2D eigenvalue weighted by molar-refractivity contribution is -0.142. The predicted molar refractivity (Wildman–Crippen MR) is 118 cm³/mol. The van der Waals surface area contributed by atoms with Gasteiger partial charge in [-0.15, -0.1) is 0 Å². The Hall–Kier alpha value is -3.02. The second-order valence-corrected chi connectivity index (χ2v) is 7.40. The van der Waals surface area contributed by atoms with Gasteiger partial charge in [0, 0.05) is 13.6 Å². The van der Waals surface area contributed by atoms with E-state index in [0.29, 0.717) is 18.7 Å². The van der Waals surface area contributed by atoms with Gasteiger partial charge in [-0.2, -0.15) is 0 Å². The average molecular weight is 413 g/mol. The van der Waals surface area contributed by atoms with Gasteiger partial charge >= 0.3 is 0 Å². The molecule has 30 heavy (non-hydrogen) atoms. The minimum absolute atomic E-state index is 0.132. The van der Waals surface area contributed by atoms with Crippen molar-refractivity contribution in [1.82, 2.24) is 10.2 Å². The van der Waals surface area contributed by atoms with Crippen molar-refractivity contribution in [2.24, 2.45) is 0 Å². The highest BCUT2D eigenvalue weighted by Gasteiger charge is 2.28. The highest BCUT2D eigenvalue weighted by atomic mass is 16.5. The zero-order valence-corrected chi connectivity index (χ0v) is 18.7. The molecule has 0 aliphatic carbocycles. The van der Waals surface area contributed by atoms with Crippen LogP contribution in [0.15, 0.2) is 36.4 Å². The smallest absolute Gasteiger partial charge is 0.261 e. The summed E-state index contributed by atoms with van der Waals surface area (Å²) in [6.45, 7) is 8.06. The Morgan fingerprint density at radius 1 is 1.10 bits per heavy atom. The SMILES string of the molecule is CC[C@H](C(=O)NC)N(Cc1ccc(OC)cc1)C(=O)COc1cc(C)cc(C)c1C. The molecule has 0 saturated carbocycles. The summed E-state index contributed by atoms with van der Waals surface area (Å²) in [7, 11) is 3.19. The number of likely N-dealkylation sites (N-methyl/N-ethyl adjacent to an activating group) is 1. The van der Waals surface area contributed by atoms with Crippen molar-refractivity contribution in [3.8, 4) is 11.5 Å². The molecule has 0 heterocycles. The van der Waals surface area contributed by atoms with Crippen molar-refractivity contribution in [3.05, 3.63) is 58.7 Å². The summed E-state index contributed by atoms with van der Waals surface area (Å²) in [5, 5.41) is 2.66. The van der Waals surface area contributed by atoms with E-state index in [-0.39, 0.29) is 18.4 Å². The van der Waals surface area contributed by atoms with E-state index in [4.69, 9.17) is 9.47 Å². The number of hydrogen-bond donors (Lipinski definition) is 1. The molecule has 0 unspecified atom stereocenters. The number of carbonyl (C=O) groups excluding carboxylic acids is 2. The maximum Gasteiger partial charge on any atom is 0.261 e. The molecular weight excluding hydrogens is 380 g/mol. The van der Waals surface area contributed by atoms with Crippen LogP contribution in [0.4, 0.5) is 0 Å². The van der Waals surface area contributed by atoms with E-state index in [0.717, 1.165) is 28.0 Å². The Morgan fingerprint density at radius 3 is 2.33 bits per heavy atom. The molecule has 0 bridgehead atoms. The molecule has 2 rings (SSSR count). The fourth-order valence-electron chi connectivity index (χ4n) is 3.39. The largest absolute Gasteiger partial charge is 0.497 e. The van der Waals surface area contributed by atoms with Gasteiger partial charge in [-0.1, -0.05) is 25.1 Å². The molecule has 0 radical (unpaired) electrons. The first-order valence-electron chi connectivity index (χ1n) is 10.1. The van der Waals surface area contributed by atoms with E-state index in [1.807, 2.05) is 58.0 Å². The number of methoxy groups -OCH3 is 1. The fourth-order valence-corrected chi connectivity index (χ4v) is 3.39. The summed E-state index contributed by atoms with van der Waals surface area (Å²) in [5.74, 6) is 1.00. The lowest BCUT2D eigenvalue weighted by atomic mass is 10.1. The first-order valence-corrected chi connectivity index (χ1v) is 10.1. The molecule has 6 heteroatoms. The predicted octanol–water partition coefficient (Wildman–Crippen LogP) is 3.55. The molecule has 2 amide bonds. The van der Waals surface area contributed by atoms with Gasteiger partial charge < -0.3 is 19.7 Å². The number of nitrogens with one attached hydrogen (secondary N) is 1. The number of rotatable bonds is 9. The van der Waals surface area contributed by atoms with Crippen LogP contribution in [0.2, 0.25) is 0 Å². The van der Waals surface area contributed by atoms with Crippen molar-refractivity contribution in [1.29, 1.82) is 0 Å². The van der Waals surface area contributed by atoms with Crippen LogP contribution in [-0.4, -0.2) is 43.5 Å². The third kappa shape index (κ3) is 5.75. The Kier molecular flexibility index (Phi) is 8.27. The van der Waals surface area contributed by atoms with Gasteiger partial charge in [-0.3, -0.25) is 9.59 Å². The van der Waals surface area contributed by atoms with Gasteiger partial charge in [0.1, 0.15) is 17.5 Å². The Morgan fingerprint density at radius 2 is 1.77 bits per heavy atom. The van der Waals surface area contributed by atoms with Gasteiger partial charge in [-0.05, 0) is 67.6 Å². The average Bonchev–Trinajstić information content (AvgIpc) is 2.74. The van der Waals surface area contributed by atoms with Gasteiger partial charge in [0.05, 0.1) is 7.11 Å². The summed E-state index contributed by atoms with van der Waals surface area (Å²) in [4.78, 5) is 27.2. The number of amides is 2. The molecule has 162 valence electrons. The first kappa shape index (κ1) is 23.3. The highest BCUT2D eigenvalue weighted by molar-refractivity contribution is 5.88. The third-order valence-corrected chi connectivity index (χ3v) is 5.26. The van der Waals surface area contributed by atoms with Crippen molar-refractivity contribution in [3.63, 3.8) is 0 Å². The summed E-state index contributed by atoms with van der Waals surface area (Å²) < 4.78 is 11.1. The number of aryl methyl sites for hydroxylation is 2. The molecule has 2 aromatic rings. The minimum Gasteiger partial charge on any atom is -0.497 e. The van der Waals surface area contributed by atoms with Crippen LogP contribution in [0.3, 0.4) is 0 Å². The number of benzene rings is 2. The summed E-state index contributed by atoms with van der Waals surface area (Å²) in [5.41, 5.74) is 4.11. The van der Waals surface area contributed by atoms with Crippen LogP contribution < -0.4 is 14.8 Å². The first-order chi connectivity index (χ1) is 14.3. The zero-order chi connectivity index (χ0) is 22.3. The van der Waals surface area contributed by atoms with Crippen LogP contribution in [0.5, 0.6) is 11.5 Å². The summed E-state index contributed by atoms with van der Waals surface area (Å²) in [6.07, 6.45) is 0.504. The van der Waals surface area contributed by atoms with Gasteiger partial charge in [-0.25, -0.2) is 0 Å². The molecule has 2 aromatic carbocycles. The summed E-state index contributed by atoms with van der Waals surface area (Å²) >= 11 is 0. The van der Waals surface area contributed by atoms with Crippen LogP contribution in [0.25, 0.3) is 0 Å². The molecule has 0 aliphatic heterocycles. The van der Waals surface area contributed by atoms with Gasteiger partial charge in [0.2, 0.25) is 5.91 Å². The molecule has 1 N–H and O–H groups in total. The quantitative estimate of drug-likeness (QED) is 0.684. The minimum atomic E-state index is -0.575. The van der Waals surface area contributed by atoms with Crippen molar-refractivity contribution >= 4 is 11.8 Å². The van der Waals surface area contributed by atoms with Crippen LogP contribution in [0.1, 0.15) is 35.6 Å². The number of carbonyl (C=O) groups is 2. The standard InChI is InChI=1S/C24H32N2O4/c1-7-21(24(28)25-5)26(14-19-8-10-20(29-6)11-9-19)23(27)15-30-22-13-16(2)12-17(3)18(22)4/h8-13,21H,7,14-15H2,1-6H3,(H,25,28)/t21-/m1/s1. The lowest BCUT2D eigenvalue weighted by Crippen LogP contribution is -2.49. The molecule has 0 aliphatic rings. The van der Waals surface area contributed by atoms with Gasteiger partial charge in [0.25, 0.3) is 5.91 Å². The number of hydrogen-bond acceptors (Lipinski definition) is 4. The normalized spacial score (nSPS) is 11.5. The number of ether oxygens (including phenoxy) is 2. The third-order valence-electron chi connectivity index (χ3n) is 5.26. The molecular formula is C24H32N2O4. The topological polar surface area (TPSA) is 67.9 Å². The maximum absolute atomic E-state index is 13.1. The van der Waals surface area contributed by atoms with Crippen LogP contribution >= 0.6 is 0 Å². The second kappa shape index (κ2) is 10.7. The van der Waals surface area contributed by atoms with E-state index in [2.05, 4.69) is 11.4 Å². The molecule has 1 atom stereocenters. The molecule has 0 spiro atoms. The zero-order valence-electron chi connectivity index (χ0n) is 18.7. The fraction of sp³-hybridized carbons (Fsp3) is 0.417. The monoisotopic (exact) mass is 412 g/mol. The van der Waals surface area contributed by atoms with E-state index in [1.165, 1.54) is 0 Å². The molecule has 0 fully saturated rings. The molecule has 0 saturated heterocycles. The number of nitrogens with zero attached hydrogens (tertiary/aromatic N) is 1. The van der Waals surface area contributed by atoms with Gasteiger partial charge in [0.15, 0.2) is 6.61 Å². The Balaban J connectivity index is 2.23. The van der Waals surface area contributed by atoms with Crippen molar-refractivity contribution < 1.29 is 19.1 Å². The molecule has 6 nitrogen and oxygen atoms in total. The van der Waals surface area contributed by atoms with Crippen LogP contribution in [-0.2, 0) is 16.1 Å². The Labute approximate surface area is 179 Å². The van der Waals surface area contributed by atoms with E-state index >= 15 is 0 Å². The Bertz CT molecular complexity index is 878. The maximum atomic E-state index is 13.1. The van der Waals surface area contributed by atoms with E-state index in [9.17, 15) is 9.59 Å². The second-order valence-electron chi connectivity index (χ2n) is 7.40. The van der Waals surface area contributed by atoms with E-state index in [1.54, 1.807) is 19.1 Å². The van der Waals surface area contributed by atoms with E-state index < -0.39 is 6.04 Å². The van der Waals surface area contributed by atoms with Crippen molar-refractivity contribution in [2.45, 2.75) is 46.7 Å². The van der Waals surface area contributed by atoms with Crippen LogP contribution in [0, 0.1) is 20.8 Å².